The lowest BCUT2D eigenvalue weighted by molar-refractivity contribution is -0.157. The van der Waals surface area contributed by atoms with Crippen molar-refractivity contribution in [1.29, 1.82) is 0 Å². The zero-order valence-corrected chi connectivity index (χ0v) is 23.6. The van der Waals surface area contributed by atoms with E-state index in [-0.39, 0.29) is 24.3 Å². The zero-order valence-electron chi connectivity index (χ0n) is 23.6. The highest BCUT2D eigenvalue weighted by Gasteiger charge is 2.75. The van der Waals surface area contributed by atoms with Crippen molar-refractivity contribution in [3.8, 4) is 0 Å². The number of amides is 3. The van der Waals surface area contributed by atoms with Gasteiger partial charge in [-0.05, 0) is 24.5 Å². The summed E-state index contributed by atoms with van der Waals surface area (Å²) in [4.78, 5) is 48.3. The summed E-state index contributed by atoms with van der Waals surface area (Å²) in [6, 6.07) is 17.9. The number of ether oxygens (including phenoxy) is 1. The largest absolute Gasteiger partial charge is 0.394 e. The van der Waals surface area contributed by atoms with Crippen LogP contribution < -0.4 is 0 Å². The first-order valence-electron chi connectivity index (χ1n) is 14.5. The van der Waals surface area contributed by atoms with Crippen LogP contribution in [0.2, 0.25) is 0 Å². The normalized spacial score (nSPS) is 31.5. The topological polar surface area (TPSA) is 90.4 Å². The summed E-state index contributed by atoms with van der Waals surface area (Å²) < 4.78 is 7.00. The summed E-state index contributed by atoms with van der Waals surface area (Å²) in [5, 5.41) is 10.2. The number of likely N-dealkylation sites (tertiary alicyclic amines) is 1. The average Bonchev–Trinajstić information content (AvgIpc) is 3.30. The Balaban J connectivity index is 1.43. The second-order valence-electron chi connectivity index (χ2n) is 11.6. The molecule has 2 aromatic carbocycles. The lowest BCUT2D eigenvalue weighted by Crippen LogP contribution is -2.58. The van der Waals surface area contributed by atoms with Crippen molar-refractivity contribution in [2.75, 3.05) is 19.7 Å². The maximum Gasteiger partial charge on any atom is 0.249 e. The molecule has 1 unspecified atom stereocenters. The monoisotopic (exact) mass is 555 g/mol. The van der Waals surface area contributed by atoms with Crippen molar-refractivity contribution in [3.63, 3.8) is 0 Å². The molecule has 1 N–H and O–H groups in total. The summed E-state index contributed by atoms with van der Waals surface area (Å²) in [6.45, 7) is 4.94. The van der Waals surface area contributed by atoms with Crippen molar-refractivity contribution >= 4 is 17.7 Å². The van der Waals surface area contributed by atoms with E-state index in [1.54, 1.807) is 16.7 Å². The highest BCUT2D eigenvalue weighted by atomic mass is 16.5. The van der Waals surface area contributed by atoms with Gasteiger partial charge in [0.25, 0.3) is 0 Å². The van der Waals surface area contributed by atoms with Gasteiger partial charge >= 0.3 is 0 Å². The lowest BCUT2D eigenvalue weighted by atomic mass is 9.73. The molecule has 6 atom stereocenters. The second-order valence-corrected chi connectivity index (χ2v) is 11.6. The maximum atomic E-state index is 14.4. The molecule has 4 heterocycles. The SMILES string of the molecule is CC[C@]12C=CCN(Cc3ccccc3)C(=O)[C@H]1[C@H]1C(=O)N([C@H](C)CO)C3C(=O)N(Cc4ccccc4)CC=C[C@@]31O2. The molecule has 3 amide bonds. The van der Waals surface area contributed by atoms with Gasteiger partial charge in [0, 0.05) is 26.2 Å². The minimum atomic E-state index is -1.33. The number of rotatable bonds is 7. The van der Waals surface area contributed by atoms with Crippen molar-refractivity contribution in [3.05, 3.63) is 96.1 Å². The van der Waals surface area contributed by atoms with E-state index in [4.69, 9.17) is 4.74 Å². The quantitative estimate of drug-likeness (QED) is 0.531. The molecule has 214 valence electrons. The van der Waals surface area contributed by atoms with E-state index in [9.17, 15) is 19.5 Å². The minimum absolute atomic E-state index is 0.153. The molecule has 0 saturated carbocycles. The van der Waals surface area contributed by atoms with Crippen molar-refractivity contribution in [2.24, 2.45) is 11.8 Å². The number of hydrogen-bond donors (Lipinski definition) is 1. The Morgan fingerprint density at radius 2 is 1.39 bits per heavy atom. The summed E-state index contributed by atoms with van der Waals surface area (Å²) in [5.41, 5.74) is -0.391. The molecule has 1 spiro atoms. The third kappa shape index (κ3) is 4.32. The van der Waals surface area contributed by atoms with Crippen molar-refractivity contribution in [2.45, 2.75) is 56.6 Å². The number of carbonyl (C=O) groups excluding carboxylic acids is 3. The first-order chi connectivity index (χ1) is 19.8. The Kier molecular flexibility index (Phi) is 7.08. The summed E-state index contributed by atoms with van der Waals surface area (Å²) in [5.74, 6) is -2.42. The van der Waals surface area contributed by atoms with E-state index in [0.29, 0.717) is 32.6 Å². The van der Waals surface area contributed by atoms with Crippen molar-refractivity contribution in [1.82, 2.24) is 14.7 Å². The van der Waals surface area contributed by atoms with Crippen LogP contribution in [-0.4, -0.2) is 80.5 Å². The highest BCUT2D eigenvalue weighted by molar-refractivity contribution is 6.00. The number of nitrogens with zero attached hydrogens (tertiary/aromatic N) is 3. The molecule has 41 heavy (non-hydrogen) atoms. The third-order valence-electron chi connectivity index (χ3n) is 9.22. The summed E-state index contributed by atoms with van der Waals surface area (Å²) in [7, 11) is 0. The Labute approximate surface area is 240 Å². The van der Waals surface area contributed by atoms with Gasteiger partial charge in [0.05, 0.1) is 30.1 Å². The highest BCUT2D eigenvalue weighted by Crippen LogP contribution is 2.59. The molecular weight excluding hydrogens is 518 g/mol. The molecule has 8 nitrogen and oxygen atoms in total. The van der Waals surface area contributed by atoms with E-state index in [0.717, 1.165) is 11.1 Å². The lowest BCUT2D eigenvalue weighted by Gasteiger charge is -2.40. The van der Waals surface area contributed by atoms with E-state index in [1.165, 1.54) is 4.90 Å². The first-order valence-corrected chi connectivity index (χ1v) is 14.5. The fraction of sp³-hybridized carbons (Fsp3) is 0.424. The molecule has 0 aromatic heterocycles. The molecule has 4 aliphatic rings. The Bertz CT molecular complexity index is 1380. The van der Waals surface area contributed by atoms with Gasteiger partial charge in [-0.25, -0.2) is 0 Å². The third-order valence-corrected chi connectivity index (χ3v) is 9.22. The van der Waals surface area contributed by atoms with E-state index in [1.807, 2.05) is 91.9 Å². The molecule has 2 saturated heterocycles. The van der Waals surface area contributed by atoms with Crippen molar-refractivity contribution < 1.29 is 24.2 Å². The van der Waals surface area contributed by atoms with Gasteiger partial charge in [0.15, 0.2) is 0 Å². The second kappa shape index (κ2) is 10.6. The molecule has 0 aliphatic carbocycles. The van der Waals surface area contributed by atoms with Crippen LogP contribution in [-0.2, 0) is 32.2 Å². The number of carbonyl (C=O) groups is 3. The van der Waals surface area contributed by atoms with E-state index >= 15 is 0 Å². The van der Waals surface area contributed by atoms with Crippen LogP contribution in [0.1, 0.15) is 31.4 Å². The number of benzene rings is 2. The Morgan fingerprint density at radius 3 is 1.95 bits per heavy atom. The predicted molar refractivity (Wildman–Crippen MR) is 153 cm³/mol. The molecule has 2 fully saturated rings. The Morgan fingerprint density at radius 1 is 0.829 bits per heavy atom. The Hall–Kier alpha value is -3.75. The van der Waals surface area contributed by atoms with E-state index < -0.39 is 35.1 Å². The maximum absolute atomic E-state index is 14.4. The van der Waals surface area contributed by atoms with Gasteiger partial charge in [0.1, 0.15) is 11.6 Å². The molecule has 6 rings (SSSR count). The number of aliphatic hydroxyl groups is 1. The van der Waals surface area contributed by atoms with Crippen LogP contribution >= 0.6 is 0 Å². The fourth-order valence-corrected chi connectivity index (χ4v) is 7.25. The van der Waals surface area contributed by atoms with Crippen LogP contribution in [0.4, 0.5) is 0 Å². The molecule has 0 bridgehead atoms. The van der Waals surface area contributed by atoms with E-state index in [2.05, 4.69) is 0 Å². The van der Waals surface area contributed by atoms with Gasteiger partial charge in [-0.2, -0.15) is 0 Å². The minimum Gasteiger partial charge on any atom is -0.394 e. The molecule has 0 radical (unpaired) electrons. The van der Waals surface area contributed by atoms with Crippen LogP contribution in [0.15, 0.2) is 85.0 Å². The summed E-state index contributed by atoms with van der Waals surface area (Å²) >= 11 is 0. The molecule has 2 aromatic rings. The summed E-state index contributed by atoms with van der Waals surface area (Å²) in [6.07, 6.45) is 8.14. The zero-order chi connectivity index (χ0) is 28.8. The predicted octanol–water partition coefficient (Wildman–Crippen LogP) is 2.93. The molecular formula is C33H37N3O5. The number of aliphatic hydroxyl groups excluding tert-OH is 1. The van der Waals surface area contributed by atoms with Gasteiger partial charge < -0.3 is 24.5 Å². The van der Waals surface area contributed by atoms with Gasteiger partial charge in [-0.15, -0.1) is 0 Å². The fourth-order valence-electron chi connectivity index (χ4n) is 7.25. The van der Waals surface area contributed by atoms with Gasteiger partial charge in [0.2, 0.25) is 17.7 Å². The van der Waals surface area contributed by atoms with Crippen LogP contribution in [0.3, 0.4) is 0 Å². The van der Waals surface area contributed by atoms with Crippen LogP contribution in [0, 0.1) is 11.8 Å². The smallest absolute Gasteiger partial charge is 0.249 e. The molecule has 8 heteroatoms. The first kappa shape index (κ1) is 27.4. The van der Waals surface area contributed by atoms with Gasteiger partial charge in [-0.1, -0.05) is 91.9 Å². The van der Waals surface area contributed by atoms with Crippen LogP contribution in [0.25, 0.3) is 0 Å². The number of fused-ring (bicyclic) bond motifs is 2. The van der Waals surface area contributed by atoms with Crippen LogP contribution in [0.5, 0.6) is 0 Å². The average molecular weight is 556 g/mol. The standard InChI is InChI=1S/C33H37N3O5/c1-3-32-16-10-18-34(20-24-12-6-4-7-13-24)29(38)26(32)27-30(39)36(23(2)22-37)28-31(40)35(19-11-17-33(27,28)41-32)21-25-14-8-5-9-15-25/h4-17,23,26-28,37H,3,18-22H2,1-2H3/t23-,26-,27+,28?,32+,33+/m1/s1. The molecule has 4 aliphatic heterocycles. The van der Waals surface area contributed by atoms with Gasteiger partial charge in [-0.3, -0.25) is 14.4 Å². The number of hydrogen-bond acceptors (Lipinski definition) is 5.